The average molecular weight is 288 g/mol. The lowest BCUT2D eigenvalue weighted by Crippen LogP contribution is -2.26. The molecule has 0 saturated carbocycles. The molecule has 1 aromatic rings. The van der Waals surface area contributed by atoms with Crippen LogP contribution in [-0.2, 0) is 12.3 Å². The number of likely N-dealkylation sites (tertiary alicyclic amines) is 1. The fourth-order valence-corrected chi connectivity index (χ4v) is 2.62. The summed E-state index contributed by atoms with van der Waals surface area (Å²) >= 11 is 5.79. The zero-order valence-corrected chi connectivity index (χ0v) is 12.5. The van der Waals surface area contributed by atoms with Crippen molar-refractivity contribution in [2.24, 2.45) is 0 Å². The Morgan fingerprint density at radius 1 is 0.889 bits per heavy atom. The van der Waals surface area contributed by atoms with E-state index in [9.17, 15) is 0 Å². The van der Waals surface area contributed by atoms with E-state index in [4.69, 9.17) is 11.6 Å². The molecule has 3 heteroatoms. The van der Waals surface area contributed by atoms with Crippen molar-refractivity contribution < 1.29 is 0 Å². The highest BCUT2D eigenvalue weighted by molar-refractivity contribution is 6.17. The molecule has 0 N–H and O–H groups in total. The molecule has 18 heavy (non-hydrogen) atoms. The quantitative estimate of drug-likeness (QED) is 0.748. The van der Waals surface area contributed by atoms with E-state index in [-0.39, 0.29) is 12.4 Å². The van der Waals surface area contributed by atoms with Crippen molar-refractivity contribution in [1.29, 1.82) is 0 Å². The minimum absolute atomic E-state index is 0. The maximum Gasteiger partial charge on any atom is 0.0474 e. The molecule has 2 rings (SSSR count). The van der Waals surface area contributed by atoms with E-state index in [1.807, 2.05) is 0 Å². The van der Waals surface area contributed by atoms with Crippen LogP contribution in [0.1, 0.15) is 36.8 Å². The summed E-state index contributed by atoms with van der Waals surface area (Å²) < 4.78 is 0. The van der Waals surface area contributed by atoms with Gasteiger partial charge in [0.2, 0.25) is 0 Å². The van der Waals surface area contributed by atoms with Gasteiger partial charge in [0.1, 0.15) is 0 Å². The molecule has 0 amide bonds. The summed E-state index contributed by atoms with van der Waals surface area (Å²) in [5.74, 6) is 0.617. The van der Waals surface area contributed by atoms with Crippen molar-refractivity contribution in [3.63, 3.8) is 0 Å². The second-order valence-electron chi connectivity index (χ2n) is 4.96. The molecule has 0 aromatic heterocycles. The minimum atomic E-state index is 0. The van der Waals surface area contributed by atoms with Crippen LogP contribution >= 0.6 is 24.0 Å². The smallest absolute Gasteiger partial charge is 0.0474 e. The Bertz CT molecular complexity index is 316. The monoisotopic (exact) mass is 287 g/mol. The van der Waals surface area contributed by atoms with Crippen molar-refractivity contribution in [2.45, 2.75) is 38.0 Å². The second-order valence-corrected chi connectivity index (χ2v) is 5.22. The van der Waals surface area contributed by atoms with Crippen LogP contribution in [0.5, 0.6) is 0 Å². The molecule has 1 saturated heterocycles. The molecule has 1 fully saturated rings. The van der Waals surface area contributed by atoms with E-state index < -0.39 is 0 Å². The summed E-state index contributed by atoms with van der Waals surface area (Å²) in [5.41, 5.74) is 2.65. The number of hydrogen-bond donors (Lipinski definition) is 0. The lowest BCUT2D eigenvalue weighted by atomic mass is 10.1. The molecular formula is C15H23Cl2N. The third-order valence-corrected chi connectivity index (χ3v) is 3.90. The Labute approximate surface area is 122 Å². The molecule has 1 aliphatic heterocycles. The Balaban J connectivity index is 0.00000162. The van der Waals surface area contributed by atoms with E-state index in [2.05, 4.69) is 29.2 Å². The fraction of sp³-hybridized carbons (Fsp3) is 0.600. The van der Waals surface area contributed by atoms with Gasteiger partial charge in [-0.25, -0.2) is 0 Å². The normalized spacial score (nSPS) is 16.9. The Morgan fingerprint density at radius 2 is 1.44 bits per heavy atom. The number of rotatable bonds is 4. The summed E-state index contributed by atoms with van der Waals surface area (Å²) in [7, 11) is 0. The van der Waals surface area contributed by atoms with Crippen molar-refractivity contribution in [2.75, 3.05) is 19.6 Å². The van der Waals surface area contributed by atoms with Gasteiger partial charge in [-0.3, -0.25) is 0 Å². The third kappa shape index (κ3) is 5.17. The molecule has 0 unspecified atom stereocenters. The van der Waals surface area contributed by atoms with Gasteiger partial charge in [-0.1, -0.05) is 37.1 Å². The van der Waals surface area contributed by atoms with Crippen LogP contribution < -0.4 is 0 Å². The van der Waals surface area contributed by atoms with Crippen molar-refractivity contribution in [3.05, 3.63) is 35.4 Å². The molecule has 1 heterocycles. The highest BCUT2D eigenvalue weighted by atomic mass is 35.5. The molecule has 0 atom stereocenters. The maximum atomic E-state index is 5.79. The summed E-state index contributed by atoms with van der Waals surface area (Å²) in [6.07, 6.45) is 6.76. The molecule has 1 aliphatic rings. The van der Waals surface area contributed by atoms with E-state index in [1.54, 1.807) is 0 Å². The maximum absolute atomic E-state index is 5.79. The standard InChI is InChI=1S/C15H22ClN.ClH/c16-13-15-7-5-14(6-8-15)9-12-17-10-3-1-2-4-11-17;/h5-8H,1-4,9-13H2;1H. The number of benzene rings is 1. The largest absolute Gasteiger partial charge is 0.303 e. The van der Waals surface area contributed by atoms with Gasteiger partial charge in [0.15, 0.2) is 0 Å². The Kier molecular flexibility index (Phi) is 7.73. The molecule has 1 aromatic carbocycles. The van der Waals surface area contributed by atoms with Crippen LogP contribution in [-0.4, -0.2) is 24.5 Å². The summed E-state index contributed by atoms with van der Waals surface area (Å²) in [6, 6.07) is 8.72. The first-order valence-corrected chi connectivity index (χ1v) is 7.28. The summed E-state index contributed by atoms with van der Waals surface area (Å²) in [6.45, 7) is 3.79. The molecule has 1 nitrogen and oxygen atoms in total. The third-order valence-electron chi connectivity index (χ3n) is 3.59. The first kappa shape index (κ1) is 15.8. The number of hydrogen-bond acceptors (Lipinski definition) is 1. The molecule has 0 radical (unpaired) electrons. The van der Waals surface area contributed by atoms with Crippen molar-refractivity contribution in [1.82, 2.24) is 4.90 Å². The van der Waals surface area contributed by atoms with Crippen LogP contribution in [0, 0.1) is 0 Å². The van der Waals surface area contributed by atoms with E-state index in [0.29, 0.717) is 5.88 Å². The second kappa shape index (κ2) is 8.79. The van der Waals surface area contributed by atoms with Crippen LogP contribution in [0.15, 0.2) is 24.3 Å². The lowest BCUT2D eigenvalue weighted by Gasteiger charge is -2.19. The molecule has 0 aliphatic carbocycles. The summed E-state index contributed by atoms with van der Waals surface area (Å²) in [5, 5.41) is 0. The van der Waals surface area contributed by atoms with E-state index >= 15 is 0 Å². The fourth-order valence-electron chi connectivity index (χ4n) is 2.44. The van der Waals surface area contributed by atoms with Gasteiger partial charge in [0, 0.05) is 12.4 Å². The topological polar surface area (TPSA) is 3.24 Å². The Hall–Kier alpha value is -0.240. The first-order valence-electron chi connectivity index (χ1n) is 6.74. The van der Waals surface area contributed by atoms with Gasteiger partial charge < -0.3 is 4.90 Å². The Morgan fingerprint density at radius 3 is 2.00 bits per heavy atom. The first-order chi connectivity index (χ1) is 8.38. The van der Waals surface area contributed by atoms with Crippen LogP contribution in [0.3, 0.4) is 0 Å². The van der Waals surface area contributed by atoms with Crippen molar-refractivity contribution >= 4 is 24.0 Å². The van der Waals surface area contributed by atoms with E-state index in [1.165, 1.54) is 62.9 Å². The average Bonchev–Trinajstić information content (AvgIpc) is 2.65. The van der Waals surface area contributed by atoms with Gasteiger partial charge in [0.25, 0.3) is 0 Å². The minimum Gasteiger partial charge on any atom is -0.303 e. The van der Waals surface area contributed by atoms with Gasteiger partial charge in [-0.05, 0) is 43.5 Å². The number of nitrogens with zero attached hydrogens (tertiary/aromatic N) is 1. The van der Waals surface area contributed by atoms with Crippen LogP contribution in [0.25, 0.3) is 0 Å². The predicted molar refractivity (Wildman–Crippen MR) is 81.9 cm³/mol. The number of alkyl halides is 1. The van der Waals surface area contributed by atoms with Crippen LogP contribution in [0.2, 0.25) is 0 Å². The SMILES string of the molecule is Cl.ClCc1ccc(CCN2CCCCCC2)cc1. The molecule has 0 bridgehead atoms. The highest BCUT2D eigenvalue weighted by Crippen LogP contribution is 2.12. The number of halogens is 2. The lowest BCUT2D eigenvalue weighted by molar-refractivity contribution is 0.289. The molecular weight excluding hydrogens is 265 g/mol. The van der Waals surface area contributed by atoms with Crippen molar-refractivity contribution in [3.8, 4) is 0 Å². The molecule has 102 valence electrons. The molecule has 0 spiro atoms. The highest BCUT2D eigenvalue weighted by Gasteiger charge is 2.08. The zero-order valence-electron chi connectivity index (χ0n) is 10.9. The summed E-state index contributed by atoms with van der Waals surface area (Å²) in [4.78, 5) is 2.61. The van der Waals surface area contributed by atoms with Gasteiger partial charge >= 0.3 is 0 Å². The van der Waals surface area contributed by atoms with Gasteiger partial charge in [-0.15, -0.1) is 24.0 Å². The van der Waals surface area contributed by atoms with E-state index in [0.717, 1.165) is 0 Å². The zero-order chi connectivity index (χ0) is 11.9. The van der Waals surface area contributed by atoms with Crippen LogP contribution in [0.4, 0.5) is 0 Å². The predicted octanol–water partition coefficient (Wildman–Crippen LogP) is 4.27. The van der Waals surface area contributed by atoms with Gasteiger partial charge in [-0.2, -0.15) is 0 Å². The van der Waals surface area contributed by atoms with Gasteiger partial charge in [0.05, 0.1) is 0 Å².